The number of imide groups is 1. The molecule has 25 heavy (non-hydrogen) atoms. The van der Waals surface area contributed by atoms with Crippen molar-refractivity contribution >= 4 is 17.8 Å². The van der Waals surface area contributed by atoms with E-state index in [4.69, 9.17) is 4.74 Å². The molecule has 0 saturated carbocycles. The monoisotopic (exact) mass is 345 g/mol. The Labute approximate surface area is 145 Å². The smallest absolute Gasteiger partial charge is 0.417 e. The van der Waals surface area contributed by atoms with Crippen molar-refractivity contribution in [3.63, 3.8) is 0 Å². The van der Waals surface area contributed by atoms with Crippen molar-refractivity contribution in [3.05, 3.63) is 29.8 Å². The molecule has 2 rings (SSSR count). The lowest BCUT2D eigenvalue weighted by molar-refractivity contribution is -0.476. The van der Waals surface area contributed by atoms with Crippen LogP contribution in [0.1, 0.15) is 5.56 Å². The first-order valence-corrected chi connectivity index (χ1v) is 7.78. The topological polar surface area (TPSA) is 108 Å². The molecule has 3 amide bonds. The summed E-state index contributed by atoms with van der Waals surface area (Å²) in [7, 11) is 2.79. The van der Waals surface area contributed by atoms with Gasteiger partial charge in [0.05, 0.1) is 13.1 Å². The predicted octanol–water partition coefficient (Wildman–Crippen LogP) is -1.12. The standard InChI is InChI=1S/C17H20N4O4/c1-11-5-4-6-13(7-11)25-10-12(22)9-19-15-14(8-18)16(23)21(3)17(24)20(15)2/h4-7,12,14,22H,9-10H2,1-3H3/p+1. The summed E-state index contributed by atoms with van der Waals surface area (Å²) < 4.78 is 5.51. The lowest BCUT2D eigenvalue weighted by atomic mass is 10.1. The van der Waals surface area contributed by atoms with Gasteiger partial charge in [0.1, 0.15) is 25.0 Å². The number of rotatable bonds is 5. The SMILES string of the molecule is Cc1cccc(OCC(O)C[NH+]=C2C(C#N)C(=O)N(C)C(=O)N2C)c1. The molecule has 0 radical (unpaired) electrons. The Morgan fingerprint density at radius 3 is 2.72 bits per heavy atom. The molecule has 1 aromatic carbocycles. The molecule has 2 N–H and O–H groups in total. The fraction of sp³-hybridized carbons (Fsp3) is 0.412. The number of carbonyl (C=O) groups is 2. The van der Waals surface area contributed by atoms with E-state index in [1.165, 1.54) is 19.0 Å². The molecule has 1 aliphatic rings. The summed E-state index contributed by atoms with van der Waals surface area (Å²) in [6.07, 6.45) is -0.884. The van der Waals surface area contributed by atoms with Crippen LogP contribution in [0.25, 0.3) is 0 Å². The number of aryl methyl sites for hydroxylation is 1. The van der Waals surface area contributed by atoms with Gasteiger partial charge in [-0.05, 0) is 24.6 Å². The second kappa shape index (κ2) is 7.77. The maximum absolute atomic E-state index is 12.0. The molecule has 8 nitrogen and oxygen atoms in total. The van der Waals surface area contributed by atoms with Crippen LogP contribution in [0.2, 0.25) is 0 Å². The van der Waals surface area contributed by atoms with Crippen LogP contribution in [0.5, 0.6) is 5.75 Å². The summed E-state index contributed by atoms with van der Waals surface area (Å²) in [6.45, 7) is 2.01. The molecule has 0 aromatic heterocycles. The molecule has 1 fully saturated rings. The fourth-order valence-electron chi connectivity index (χ4n) is 2.44. The van der Waals surface area contributed by atoms with Gasteiger partial charge in [-0.25, -0.2) is 9.69 Å². The van der Waals surface area contributed by atoms with Crippen molar-refractivity contribution < 1.29 is 24.4 Å². The number of urea groups is 1. The van der Waals surface area contributed by atoms with E-state index in [2.05, 4.69) is 4.99 Å². The maximum atomic E-state index is 12.0. The van der Waals surface area contributed by atoms with Crippen molar-refractivity contribution in [3.8, 4) is 11.8 Å². The highest BCUT2D eigenvalue weighted by Gasteiger charge is 2.46. The molecule has 1 aromatic rings. The minimum absolute atomic E-state index is 0.0342. The number of nitrogens with one attached hydrogen (secondary N) is 1. The summed E-state index contributed by atoms with van der Waals surface area (Å²) in [5.74, 6) is -0.912. The quantitative estimate of drug-likeness (QED) is 0.703. The Morgan fingerprint density at radius 2 is 2.08 bits per heavy atom. The number of nitrogens with zero attached hydrogens (tertiary/aromatic N) is 3. The van der Waals surface area contributed by atoms with Crippen LogP contribution in [0.15, 0.2) is 24.3 Å². The lowest BCUT2D eigenvalue weighted by Crippen LogP contribution is -2.83. The zero-order valence-corrected chi connectivity index (χ0v) is 14.4. The lowest BCUT2D eigenvalue weighted by Gasteiger charge is -2.27. The Kier molecular flexibility index (Phi) is 5.72. The minimum atomic E-state index is -1.11. The highest BCUT2D eigenvalue weighted by molar-refractivity contribution is 6.17. The van der Waals surface area contributed by atoms with Crippen molar-refractivity contribution in [2.24, 2.45) is 5.92 Å². The third-order valence-corrected chi connectivity index (χ3v) is 3.87. The van der Waals surface area contributed by atoms with E-state index >= 15 is 0 Å². The largest absolute Gasteiger partial charge is 0.491 e. The van der Waals surface area contributed by atoms with E-state index in [1.807, 2.05) is 31.2 Å². The van der Waals surface area contributed by atoms with Gasteiger partial charge in [0, 0.05) is 7.05 Å². The number of amidine groups is 1. The second-order valence-corrected chi connectivity index (χ2v) is 5.85. The second-order valence-electron chi connectivity index (χ2n) is 5.85. The molecular formula is C17H21N4O4+. The normalized spacial score (nSPS) is 20.6. The van der Waals surface area contributed by atoms with E-state index in [0.29, 0.717) is 5.75 Å². The summed E-state index contributed by atoms with van der Waals surface area (Å²) in [4.78, 5) is 28.9. The third-order valence-electron chi connectivity index (χ3n) is 3.87. The van der Waals surface area contributed by atoms with E-state index in [9.17, 15) is 20.0 Å². The highest BCUT2D eigenvalue weighted by atomic mass is 16.5. The Hall–Kier alpha value is -2.92. The van der Waals surface area contributed by atoms with Gasteiger partial charge in [-0.1, -0.05) is 12.1 Å². The first kappa shape index (κ1) is 18.4. The van der Waals surface area contributed by atoms with Crippen molar-refractivity contribution in [1.29, 1.82) is 5.26 Å². The molecule has 132 valence electrons. The van der Waals surface area contributed by atoms with Crippen LogP contribution in [0.3, 0.4) is 0 Å². The van der Waals surface area contributed by atoms with Crippen LogP contribution in [0.4, 0.5) is 4.79 Å². The molecule has 1 heterocycles. The first-order chi connectivity index (χ1) is 11.8. The van der Waals surface area contributed by atoms with Gasteiger partial charge in [0.15, 0.2) is 0 Å². The number of ether oxygens (including phenoxy) is 1. The molecule has 0 spiro atoms. The van der Waals surface area contributed by atoms with Crippen LogP contribution < -0.4 is 9.73 Å². The van der Waals surface area contributed by atoms with Gasteiger partial charge < -0.3 is 9.84 Å². The number of hydrogen-bond acceptors (Lipinski definition) is 5. The summed E-state index contributed by atoms with van der Waals surface area (Å²) in [5, 5.41) is 19.3. The third kappa shape index (κ3) is 4.14. The maximum Gasteiger partial charge on any atom is 0.417 e. The van der Waals surface area contributed by atoms with Crippen LogP contribution in [0, 0.1) is 24.2 Å². The van der Waals surface area contributed by atoms with E-state index in [0.717, 1.165) is 10.5 Å². The number of nitriles is 1. The number of carbonyl (C=O) groups excluding carboxylic acids is 2. The van der Waals surface area contributed by atoms with Crippen LogP contribution in [-0.4, -0.2) is 66.0 Å². The van der Waals surface area contributed by atoms with E-state index < -0.39 is 24.0 Å². The molecule has 2 atom stereocenters. The van der Waals surface area contributed by atoms with Gasteiger partial charge in [-0.3, -0.25) is 9.79 Å². The molecule has 0 bridgehead atoms. The van der Waals surface area contributed by atoms with Gasteiger partial charge in [0.25, 0.3) is 11.7 Å². The zero-order chi connectivity index (χ0) is 18.6. The molecule has 2 unspecified atom stereocenters. The summed E-state index contributed by atoms with van der Waals surface area (Å²) >= 11 is 0. The number of benzene rings is 1. The average molecular weight is 345 g/mol. The van der Waals surface area contributed by atoms with Crippen molar-refractivity contribution in [2.45, 2.75) is 13.0 Å². The van der Waals surface area contributed by atoms with Gasteiger partial charge >= 0.3 is 6.03 Å². The van der Waals surface area contributed by atoms with E-state index in [1.54, 1.807) is 6.07 Å². The van der Waals surface area contributed by atoms with Gasteiger partial charge in [-0.15, -0.1) is 0 Å². The molecule has 1 aliphatic heterocycles. The number of hydrogen-bond donors (Lipinski definition) is 2. The zero-order valence-electron chi connectivity index (χ0n) is 14.4. The minimum Gasteiger partial charge on any atom is -0.491 e. The molecule has 1 saturated heterocycles. The number of amides is 3. The predicted molar refractivity (Wildman–Crippen MR) is 88.5 cm³/mol. The van der Waals surface area contributed by atoms with Crippen LogP contribution in [-0.2, 0) is 4.79 Å². The Balaban J connectivity index is 2.02. The summed E-state index contributed by atoms with van der Waals surface area (Å²) in [5.41, 5.74) is 1.04. The van der Waals surface area contributed by atoms with E-state index in [-0.39, 0.29) is 19.0 Å². The first-order valence-electron chi connectivity index (χ1n) is 7.78. The Morgan fingerprint density at radius 1 is 1.36 bits per heavy atom. The number of aliphatic hydroxyl groups is 1. The van der Waals surface area contributed by atoms with Crippen molar-refractivity contribution in [1.82, 2.24) is 9.80 Å². The average Bonchev–Trinajstić information content (AvgIpc) is 2.60. The van der Waals surface area contributed by atoms with Crippen molar-refractivity contribution in [2.75, 3.05) is 27.2 Å². The summed E-state index contributed by atoms with van der Waals surface area (Å²) in [6, 6.07) is 8.77. The molecular weight excluding hydrogens is 324 g/mol. The molecule has 8 heteroatoms. The number of aliphatic hydroxyl groups excluding tert-OH is 1. The fourth-order valence-corrected chi connectivity index (χ4v) is 2.44. The van der Waals surface area contributed by atoms with Gasteiger partial charge in [-0.2, -0.15) is 10.2 Å². The molecule has 0 aliphatic carbocycles. The van der Waals surface area contributed by atoms with Gasteiger partial charge in [0.2, 0.25) is 5.92 Å². The van der Waals surface area contributed by atoms with Crippen LogP contribution >= 0.6 is 0 Å². The Bertz CT molecular complexity index is 740. The highest BCUT2D eigenvalue weighted by Crippen LogP contribution is 2.13.